The lowest BCUT2D eigenvalue weighted by Crippen LogP contribution is -1.98. The van der Waals surface area contributed by atoms with Crippen LogP contribution in [0.4, 0.5) is 0 Å². The third-order valence-corrected chi connectivity index (χ3v) is 10.5. The lowest BCUT2D eigenvalue weighted by Gasteiger charge is -2.13. The van der Waals surface area contributed by atoms with Crippen LogP contribution in [-0.4, -0.2) is 9.13 Å². The molecule has 0 bridgehead atoms. The van der Waals surface area contributed by atoms with E-state index in [1.54, 1.807) is 0 Å². The first-order valence-electron chi connectivity index (χ1n) is 15.4. The molecule has 45 heavy (non-hydrogen) atoms. The normalized spacial score (nSPS) is 12.0. The van der Waals surface area contributed by atoms with Crippen molar-refractivity contribution in [3.05, 3.63) is 158 Å². The van der Waals surface area contributed by atoms with Crippen molar-refractivity contribution in [1.29, 1.82) is 0 Å². The van der Waals surface area contributed by atoms with Crippen molar-refractivity contribution >= 4 is 75.1 Å². The Morgan fingerprint density at radius 1 is 0.356 bits per heavy atom. The van der Waals surface area contributed by atoms with Crippen LogP contribution in [0.3, 0.4) is 0 Å². The Bertz CT molecular complexity index is 2730. The van der Waals surface area contributed by atoms with E-state index in [1.807, 2.05) is 11.3 Å². The third kappa shape index (κ3) is 3.44. The highest BCUT2D eigenvalue weighted by atomic mass is 32.1. The summed E-state index contributed by atoms with van der Waals surface area (Å²) >= 11 is 1.92. The Morgan fingerprint density at radius 3 is 1.53 bits per heavy atom. The smallest absolute Gasteiger partial charge is 0.0803 e. The number of nitrogens with zero attached hydrogens (tertiary/aromatic N) is 2. The van der Waals surface area contributed by atoms with Gasteiger partial charge >= 0.3 is 0 Å². The molecule has 3 aromatic heterocycles. The highest BCUT2D eigenvalue weighted by molar-refractivity contribution is 7.27. The molecule has 0 aliphatic rings. The first-order chi connectivity index (χ1) is 22.4. The monoisotopic (exact) mass is 590 g/mol. The van der Waals surface area contributed by atoms with Crippen molar-refractivity contribution in [2.75, 3.05) is 0 Å². The summed E-state index contributed by atoms with van der Waals surface area (Å²) in [5.41, 5.74) is 9.71. The van der Waals surface area contributed by atoms with E-state index in [4.69, 9.17) is 0 Å². The molecule has 10 rings (SSSR count). The lowest BCUT2D eigenvalue weighted by molar-refractivity contribution is 1.15. The Hall–Kier alpha value is -5.64. The fraction of sp³-hybridized carbons (Fsp3) is 0. The van der Waals surface area contributed by atoms with Crippen molar-refractivity contribution in [3.63, 3.8) is 0 Å². The Kier molecular flexibility index (Phi) is 5.19. The van der Waals surface area contributed by atoms with Gasteiger partial charge in [0.25, 0.3) is 0 Å². The van der Waals surface area contributed by atoms with Gasteiger partial charge in [-0.25, -0.2) is 0 Å². The second kappa shape index (κ2) is 9.43. The van der Waals surface area contributed by atoms with E-state index in [0.717, 1.165) is 5.69 Å². The number of hydrogen-bond donors (Lipinski definition) is 0. The number of hydrogen-bond acceptors (Lipinski definition) is 1. The molecule has 3 heterocycles. The van der Waals surface area contributed by atoms with Crippen LogP contribution >= 0.6 is 11.3 Å². The third-order valence-electron chi connectivity index (χ3n) is 9.29. The van der Waals surface area contributed by atoms with Gasteiger partial charge in [0.15, 0.2) is 0 Å². The first-order valence-corrected chi connectivity index (χ1v) is 16.2. The van der Waals surface area contributed by atoms with Crippen LogP contribution in [0.2, 0.25) is 0 Å². The van der Waals surface area contributed by atoms with Crippen LogP contribution in [0.25, 0.3) is 86.3 Å². The van der Waals surface area contributed by atoms with Crippen LogP contribution in [0.15, 0.2) is 158 Å². The minimum absolute atomic E-state index is 1.16. The van der Waals surface area contributed by atoms with E-state index >= 15 is 0 Å². The largest absolute Gasteiger partial charge is 0.307 e. The molecule has 0 atom stereocenters. The van der Waals surface area contributed by atoms with Gasteiger partial charge in [-0.05, 0) is 53.6 Å². The molecule has 0 fully saturated rings. The zero-order valence-corrected chi connectivity index (χ0v) is 25.1. The second-order valence-electron chi connectivity index (χ2n) is 11.7. The van der Waals surface area contributed by atoms with Gasteiger partial charge in [0.1, 0.15) is 0 Å². The van der Waals surface area contributed by atoms with Gasteiger partial charge < -0.3 is 9.13 Å². The summed E-state index contributed by atoms with van der Waals surface area (Å²) in [6, 6.07) is 57.3. The maximum atomic E-state index is 2.51. The molecule has 0 unspecified atom stereocenters. The minimum atomic E-state index is 1.16. The molecule has 0 aliphatic carbocycles. The summed E-state index contributed by atoms with van der Waals surface area (Å²) in [5.74, 6) is 0. The average molecular weight is 591 g/mol. The van der Waals surface area contributed by atoms with E-state index in [-0.39, 0.29) is 0 Å². The molecule has 0 aliphatic heterocycles. The standard InChI is InChI=1S/C42H26N2S/c1-3-13-27(14-4-1)28-23-25-30(26-24-28)44-34-20-10-7-17-31(34)37-38-33-19-9-12-22-36(33)45-42(38)39-32-18-8-11-21-35(32)43(41(39)40(37)44)29-15-5-2-6-16-29/h1-26H. The molecule has 210 valence electrons. The van der Waals surface area contributed by atoms with Crippen LogP contribution in [0.5, 0.6) is 0 Å². The van der Waals surface area contributed by atoms with Crippen molar-refractivity contribution in [1.82, 2.24) is 9.13 Å². The summed E-state index contributed by atoms with van der Waals surface area (Å²) in [6.07, 6.45) is 0. The molecular formula is C42H26N2S. The molecule has 7 aromatic carbocycles. The van der Waals surface area contributed by atoms with Crippen LogP contribution in [-0.2, 0) is 0 Å². The number of aromatic nitrogens is 2. The maximum absolute atomic E-state index is 2.51. The SMILES string of the molecule is c1ccc(-c2ccc(-n3c4ccccc4c4c5c6ccccc6sc5c5c6ccccc6n(-c6ccccc6)c5c43)cc2)cc1. The first kappa shape index (κ1) is 24.8. The predicted octanol–water partition coefficient (Wildman–Crippen LogP) is 11.9. The number of thiophene rings is 1. The van der Waals surface area contributed by atoms with Crippen molar-refractivity contribution < 1.29 is 0 Å². The van der Waals surface area contributed by atoms with Crippen LogP contribution in [0.1, 0.15) is 0 Å². The van der Waals surface area contributed by atoms with Gasteiger partial charge in [-0.2, -0.15) is 0 Å². The average Bonchev–Trinajstić information content (AvgIpc) is 3.77. The Labute approximate surface area is 263 Å². The Balaban J connectivity index is 1.47. The number of benzene rings is 7. The van der Waals surface area contributed by atoms with Gasteiger partial charge in [0.2, 0.25) is 0 Å². The maximum Gasteiger partial charge on any atom is 0.0803 e. The van der Waals surface area contributed by atoms with Crippen molar-refractivity contribution in [3.8, 4) is 22.5 Å². The molecule has 0 saturated heterocycles. The van der Waals surface area contributed by atoms with E-state index in [0.29, 0.717) is 0 Å². The van der Waals surface area contributed by atoms with Gasteiger partial charge in [0.05, 0.1) is 22.1 Å². The molecule has 0 spiro atoms. The summed E-state index contributed by atoms with van der Waals surface area (Å²) in [7, 11) is 0. The van der Waals surface area contributed by atoms with Gasteiger partial charge in [-0.15, -0.1) is 11.3 Å². The number of fused-ring (bicyclic) bond motifs is 12. The topological polar surface area (TPSA) is 9.86 Å². The molecule has 2 nitrogen and oxygen atoms in total. The van der Waals surface area contributed by atoms with Gasteiger partial charge in [0, 0.05) is 53.1 Å². The fourth-order valence-corrected chi connectivity index (χ4v) is 8.70. The van der Waals surface area contributed by atoms with E-state index < -0.39 is 0 Å². The quantitative estimate of drug-likeness (QED) is 0.194. The van der Waals surface area contributed by atoms with Gasteiger partial charge in [-0.3, -0.25) is 0 Å². The predicted molar refractivity (Wildman–Crippen MR) is 193 cm³/mol. The number of para-hydroxylation sites is 3. The van der Waals surface area contributed by atoms with E-state index in [2.05, 4.69) is 167 Å². The van der Waals surface area contributed by atoms with Gasteiger partial charge in [-0.1, -0.05) is 115 Å². The molecule has 0 amide bonds. The molecule has 10 aromatic rings. The molecule has 3 heteroatoms. The summed E-state index contributed by atoms with van der Waals surface area (Å²) in [6.45, 7) is 0. The fourth-order valence-electron chi connectivity index (χ4n) is 7.43. The van der Waals surface area contributed by atoms with E-state index in [1.165, 1.54) is 80.6 Å². The molecule has 0 N–H and O–H groups in total. The van der Waals surface area contributed by atoms with Crippen molar-refractivity contribution in [2.45, 2.75) is 0 Å². The zero-order valence-electron chi connectivity index (χ0n) is 24.3. The molecule has 0 saturated carbocycles. The highest BCUT2D eigenvalue weighted by Crippen LogP contribution is 2.51. The second-order valence-corrected chi connectivity index (χ2v) is 12.8. The summed E-state index contributed by atoms with van der Waals surface area (Å²) in [5, 5.41) is 7.87. The van der Waals surface area contributed by atoms with Crippen LogP contribution < -0.4 is 0 Å². The summed E-state index contributed by atoms with van der Waals surface area (Å²) in [4.78, 5) is 0. The molecular weight excluding hydrogens is 565 g/mol. The lowest BCUT2D eigenvalue weighted by atomic mass is 10.0. The minimum Gasteiger partial charge on any atom is -0.307 e. The molecule has 0 radical (unpaired) electrons. The van der Waals surface area contributed by atoms with Crippen LogP contribution in [0, 0.1) is 0 Å². The number of rotatable bonds is 3. The van der Waals surface area contributed by atoms with Crippen molar-refractivity contribution in [2.24, 2.45) is 0 Å². The Morgan fingerprint density at radius 2 is 0.844 bits per heavy atom. The van der Waals surface area contributed by atoms with E-state index in [9.17, 15) is 0 Å². The zero-order chi connectivity index (χ0) is 29.5. The highest BCUT2D eigenvalue weighted by Gasteiger charge is 2.26. The summed E-state index contributed by atoms with van der Waals surface area (Å²) < 4.78 is 7.67.